The summed E-state index contributed by atoms with van der Waals surface area (Å²) in [7, 11) is 0.496. The van der Waals surface area contributed by atoms with Crippen LogP contribution < -0.4 is 5.46 Å². The van der Waals surface area contributed by atoms with Crippen LogP contribution in [0, 0.1) is 0 Å². The van der Waals surface area contributed by atoms with Crippen LogP contribution >= 0.6 is 0 Å². The predicted molar refractivity (Wildman–Crippen MR) is 91.5 cm³/mol. The van der Waals surface area contributed by atoms with Gasteiger partial charge in [0.25, 0.3) is 0 Å². The van der Waals surface area contributed by atoms with Gasteiger partial charge in [0.2, 0.25) is 11.8 Å². The summed E-state index contributed by atoms with van der Waals surface area (Å²) in [5, 5.41) is 27.6. The first kappa shape index (κ1) is 14.7. The summed E-state index contributed by atoms with van der Waals surface area (Å²) in [5.41, 5.74) is 3.11. The third-order valence-corrected chi connectivity index (χ3v) is 4.04. The van der Waals surface area contributed by atoms with Gasteiger partial charge < -0.3 is 19.0 Å². The molecule has 2 N–H and O–H groups in total. The fourth-order valence-corrected chi connectivity index (χ4v) is 2.74. The molecule has 6 nitrogen and oxygen atoms in total. The smallest absolute Gasteiger partial charge is 0.423 e. The van der Waals surface area contributed by atoms with Gasteiger partial charge in [-0.1, -0.05) is 18.2 Å². The summed E-state index contributed by atoms with van der Waals surface area (Å²) in [5.74, 6) is 0.838. The average Bonchev–Trinajstić information content (AvgIpc) is 3.22. The molecular formula is C17H14BN3O3. The van der Waals surface area contributed by atoms with Crippen LogP contribution in [0.3, 0.4) is 0 Å². The van der Waals surface area contributed by atoms with Gasteiger partial charge in [-0.2, -0.15) is 0 Å². The van der Waals surface area contributed by atoms with Crippen LogP contribution in [0.4, 0.5) is 0 Å². The lowest BCUT2D eigenvalue weighted by Crippen LogP contribution is -2.29. The molecule has 0 radical (unpaired) electrons. The summed E-state index contributed by atoms with van der Waals surface area (Å²) in [6.45, 7) is 0. The minimum Gasteiger partial charge on any atom is -0.423 e. The summed E-state index contributed by atoms with van der Waals surface area (Å²) in [6, 6.07) is 14.6. The number of aromatic nitrogens is 3. The first-order chi connectivity index (χ1) is 11.6. The quantitative estimate of drug-likeness (QED) is 0.560. The normalized spacial score (nSPS) is 11.1. The van der Waals surface area contributed by atoms with Crippen molar-refractivity contribution in [2.24, 2.45) is 7.05 Å². The third kappa shape index (κ3) is 2.40. The van der Waals surface area contributed by atoms with Crippen LogP contribution in [0.1, 0.15) is 0 Å². The van der Waals surface area contributed by atoms with Crippen LogP contribution in [-0.4, -0.2) is 31.9 Å². The van der Waals surface area contributed by atoms with Crippen molar-refractivity contribution in [3.63, 3.8) is 0 Å². The predicted octanol–water partition coefficient (Wildman–Crippen LogP) is 1.58. The van der Waals surface area contributed by atoms with Crippen molar-refractivity contribution in [3.8, 4) is 22.9 Å². The van der Waals surface area contributed by atoms with Gasteiger partial charge in [0.1, 0.15) is 0 Å². The molecule has 7 heteroatoms. The molecule has 0 unspecified atom stereocenters. The molecule has 0 saturated carbocycles. The van der Waals surface area contributed by atoms with E-state index in [-0.39, 0.29) is 0 Å². The van der Waals surface area contributed by atoms with Crippen molar-refractivity contribution in [3.05, 3.63) is 54.7 Å². The molecule has 0 aliphatic carbocycles. The van der Waals surface area contributed by atoms with Crippen LogP contribution in [0.15, 0.2) is 59.1 Å². The van der Waals surface area contributed by atoms with E-state index >= 15 is 0 Å². The summed E-state index contributed by atoms with van der Waals surface area (Å²) in [4.78, 5) is 0. The van der Waals surface area contributed by atoms with Crippen molar-refractivity contribution in [1.82, 2.24) is 14.8 Å². The van der Waals surface area contributed by atoms with Gasteiger partial charge in [-0.05, 0) is 35.8 Å². The highest BCUT2D eigenvalue weighted by molar-refractivity contribution is 6.58. The van der Waals surface area contributed by atoms with Crippen LogP contribution in [-0.2, 0) is 7.05 Å². The fourth-order valence-electron chi connectivity index (χ4n) is 2.74. The molecule has 0 bridgehead atoms. The lowest BCUT2D eigenvalue weighted by atomic mass is 9.80. The molecule has 118 valence electrons. The highest BCUT2D eigenvalue weighted by Gasteiger charge is 2.15. The van der Waals surface area contributed by atoms with Gasteiger partial charge in [-0.25, -0.2) is 0 Å². The maximum Gasteiger partial charge on any atom is 0.488 e. The molecule has 2 heterocycles. The Bertz CT molecular complexity index is 1010. The van der Waals surface area contributed by atoms with Gasteiger partial charge in [0.15, 0.2) is 0 Å². The Labute approximate surface area is 138 Å². The van der Waals surface area contributed by atoms with E-state index in [2.05, 4.69) is 10.2 Å². The molecular weight excluding hydrogens is 305 g/mol. The van der Waals surface area contributed by atoms with Crippen molar-refractivity contribution >= 4 is 23.5 Å². The molecule has 24 heavy (non-hydrogen) atoms. The molecule has 0 spiro atoms. The minimum atomic E-state index is -1.49. The summed E-state index contributed by atoms with van der Waals surface area (Å²) in [6.07, 6.45) is 1.99. The molecule has 0 saturated heterocycles. The van der Waals surface area contributed by atoms with Gasteiger partial charge >= 0.3 is 7.12 Å². The first-order valence-electron chi connectivity index (χ1n) is 7.48. The van der Waals surface area contributed by atoms with E-state index in [1.165, 1.54) is 0 Å². The Kier molecular flexibility index (Phi) is 3.44. The second-order valence-electron chi connectivity index (χ2n) is 5.57. The Morgan fingerprint density at radius 3 is 2.46 bits per heavy atom. The van der Waals surface area contributed by atoms with E-state index in [4.69, 9.17) is 14.5 Å². The Balaban J connectivity index is 1.74. The number of hydrogen-bond acceptors (Lipinski definition) is 5. The molecule has 0 aliphatic rings. The van der Waals surface area contributed by atoms with Crippen LogP contribution in [0.2, 0.25) is 0 Å². The fraction of sp³-hybridized carbons (Fsp3) is 0.0588. The zero-order chi connectivity index (χ0) is 16.7. The first-order valence-corrected chi connectivity index (χ1v) is 7.48. The maximum atomic E-state index is 9.14. The highest BCUT2D eigenvalue weighted by Crippen LogP contribution is 2.30. The van der Waals surface area contributed by atoms with Crippen LogP contribution in [0.5, 0.6) is 0 Å². The number of aryl methyl sites for hydroxylation is 1. The molecule has 0 fully saturated rings. The second kappa shape index (κ2) is 5.63. The van der Waals surface area contributed by atoms with E-state index in [0.29, 0.717) is 17.2 Å². The molecule has 0 atom stereocenters. The SMILES string of the molecule is Cn1ccc2c(-c3nnc(-c4ccc(B(O)O)cc4)o3)cccc21. The summed E-state index contributed by atoms with van der Waals surface area (Å²) >= 11 is 0. The van der Waals surface area contributed by atoms with E-state index in [0.717, 1.165) is 22.0 Å². The number of fused-ring (bicyclic) bond motifs is 1. The standard InChI is InChI=1S/C17H14BN3O3/c1-21-10-9-13-14(3-2-4-15(13)21)17-20-19-16(24-17)11-5-7-12(8-6-11)18(22)23/h2-10,22-23H,1H3. The van der Waals surface area contributed by atoms with Gasteiger partial charge in [-0.15, -0.1) is 10.2 Å². The Hall–Kier alpha value is -2.90. The zero-order valence-electron chi connectivity index (χ0n) is 12.9. The number of rotatable bonds is 3. The monoisotopic (exact) mass is 319 g/mol. The maximum absolute atomic E-state index is 9.14. The summed E-state index contributed by atoms with van der Waals surface area (Å²) < 4.78 is 7.85. The van der Waals surface area contributed by atoms with Crippen molar-refractivity contribution in [1.29, 1.82) is 0 Å². The highest BCUT2D eigenvalue weighted by atomic mass is 16.4. The molecule has 4 aromatic rings. The molecule has 2 aromatic heterocycles. The number of nitrogens with zero attached hydrogens (tertiary/aromatic N) is 3. The third-order valence-electron chi connectivity index (χ3n) is 4.04. The van der Waals surface area contributed by atoms with E-state index in [1.54, 1.807) is 24.3 Å². The largest absolute Gasteiger partial charge is 0.488 e. The van der Waals surface area contributed by atoms with E-state index in [9.17, 15) is 0 Å². The lowest BCUT2D eigenvalue weighted by molar-refractivity contribution is 0.426. The van der Waals surface area contributed by atoms with Crippen molar-refractivity contribution in [2.75, 3.05) is 0 Å². The van der Waals surface area contributed by atoms with Crippen molar-refractivity contribution < 1.29 is 14.5 Å². The second-order valence-corrected chi connectivity index (χ2v) is 5.57. The van der Waals surface area contributed by atoms with Gasteiger partial charge in [-0.3, -0.25) is 0 Å². The zero-order valence-corrected chi connectivity index (χ0v) is 12.9. The average molecular weight is 319 g/mol. The Morgan fingerprint density at radius 1 is 0.958 bits per heavy atom. The van der Waals surface area contributed by atoms with Crippen LogP contribution in [0.25, 0.3) is 33.8 Å². The van der Waals surface area contributed by atoms with E-state index in [1.807, 2.05) is 42.1 Å². The molecule has 4 rings (SSSR count). The minimum absolute atomic E-state index is 0.386. The topological polar surface area (TPSA) is 84.3 Å². The molecule has 0 amide bonds. The number of hydrogen-bond donors (Lipinski definition) is 2. The molecule has 2 aromatic carbocycles. The van der Waals surface area contributed by atoms with E-state index < -0.39 is 7.12 Å². The number of benzene rings is 2. The van der Waals surface area contributed by atoms with Gasteiger partial charge in [0, 0.05) is 35.3 Å². The van der Waals surface area contributed by atoms with Gasteiger partial charge in [0.05, 0.1) is 0 Å². The lowest BCUT2D eigenvalue weighted by Gasteiger charge is -2.01. The van der Waals surface area contributed by atoms with Crippen molar-refractivity contribution in [2.45, 2.75) is 0 Å². The Morgan fingerprint density at radius 2 is 1.71 bits per heavy atom. The molecule has 0 aliphatic heterocycles.